The van der Waals surface area contributed by atoms with Crippen molar-refractivity contribution in [2.24, 2.45) is 0 Å². The third kappa shape index (κ3) is 4.80. The van der Waals surface area contributed by atoms with E-state index in [2.05, 4.69) is 15.5 Å². The zero-order valence-corrected chi connectivity index (χ0v) is 14.3. The number of nitrogens with one attached hydrogen (secondary N) is 2. The summed E-state index contributed by atoms with van der Waals surface area (Å²) in [7, 11) is 1.63. The molecule has 1 fully saturated rings. The molecule has 2 aromatic rings. The summed E-state index contributed by atoms with van der Waals surface area (Å²) in [4.78, 5) is 11.9. The maximum Gasteiger partial charge on any atom is 0.246 e. The van der Waals surface area contributed by atoms with E-state index in [9.17, 15) is 4.79 Å². The van der Waals surface area contributed by atoms with Crippen molar-refractivity contribution in [3.05, 3.63) is 36.0 Å². The fourth-order valence-corrected chi connectivity index (χ4v) is 2.76. The molecule has 7 nitrogen and oxygen atoms in total. The zero-order chi connectivity index (χ0) is 17.5. The Morgan fingerprint density at radius 2 is 2.24 bits per heavy atom. The fraction of sp³-hybridized carbons (Fsp3) is 0.444. The van der Waals surface area contributed by atoms with Crippen LogP contribution in [0.15, 0.2) is 30.5 Å². The normalized spacial score (nSPS) is 16.8. The number of aromatic amines is 1. The lowest BCUT2D eigenvalue weighted by atomic mass is 10.1. The van der Waals surface area contributed by atoms with Crippen molar-refractivity contribution in [1.29, 1.82) is 0 Å². The molecule has 1 aromatic carbocycles. The van der Waals surface area contributed by atoms with Crippen molar-refractivity contribution in [1.82, 2.24) is 15.5 Å². The fourth-order valence-electron chi connectivity index (χ4n) is 2.76. The smallest absolute Gasteiger partial charge is 0.246 e. The number of hydrogen-bond donors (Lipinski definition) is 2. The molecule has 134 valence electrons. The number of aromatic nitrogens is 2. The van der Waals surface area contributed by atoms with Gasteiger partial charge in [-0.3, -0.25) is 9.89 Å². The number of hydrogen-bond acceptors (Lipinski definition) is 5. The molecule has 7 heteroatoms. The van der Waals surface area contributed by atoms with Crippen LogP contribution in [0.5, 0.6) is 5.75 Å². The van der Waals surface area contributed by atoms with Crippen LogP contribution in [-0.2, 0) is 20.8 Å². The lowest BCUT2D eigenvalue weighted by Crippen LogP contribution is -2.28. The maximum absolute atomic E-state index is 11.9. The van der Waals surface area contributed by atoms with Crippen molar-refractivity contribution in [3.63, 3.8) is 0 Å². The van der Waals surface area contributed by atoms with E-state index < -0.39 is 0 Å². The van der Waals surface area contributed by atoms with Gasteiger partial charge in [-0.15, -0.1) is 0 Å². The first-order valence-electron chi connectivity index (χ1n) is 8.39. The molecule has 2 heterocycles. The minimum atomic E-state index is -0.153. The van der Waals surface area contributed by atoms with Crippen LogP contribution < -0.4 is 10.1 Å². The Morgan fingerprint density at radius 3 is 2.96 bits per heavy atom. The second kappa shape index (κ2) is 8.64. The summed E-state index contributed by atoms with van der Waals surface area (Å²) in [5.41, 5.74) is 2.78. The quantitative estimate of drug-likeness (QED) is 0.763. The molecule has 1 aliphatic rings. The maximum atomic E-state index is 11.9. The highest BCUT2D eigenvalue weighted by Gasteiger charge is 2.16. The number of carbonyl (C=O) groups excluding carboxylic acids is 1. The van der Waals surface area contributed by atoms with E-state index >= 15 is 0 Å². The highest BCUT2D eigenvalue weighted by molar-refractivity contribution is 5.77. The molecule has 1 saturated heterocycles. The van der Waals surface area contributed by atoms with E-state index in [1.54, 1.807) is 13.3 Å². The first kappa shape index (κ1) is 17.4. The lowest BCUT2D eigenvalue weighted by Gasteiger charge is -2.10. The van der Waals surface area contributed by atoms with E-state index in [0.717, 1.165) is 42.0 Å². The summed E-state index contributed by atoms with van der Waals surface area (Å²) in [6.45, 7) is 1.68. The Labute approximate surface area is 146 Å². The van der Waals surface area contributed by atoms with Gasteiger partial charge in [-0.1, -0.05) is 0 Å². The highest BCUT2D eigenvalue weighted by Crippen LogP contribution is 2.23. The van der Waals surface area contributed by atoms with Crippen molar-refractivity contribution in [2.45, 2.75) is 25.5 Å². The molecule has 0 spiro atoms. The Morgan fingerprint density at radius 1 is 1.40 bits per heavy atom. The number of nitrogens with zero attached hydrogens (tertiary/aromatic N) is 1. The number of methoxy groups -OCH3 is 1. The van der Waals surface area contributed by atoms with Crippen LogP contribution in [0.1, 0.15) is 18.4 Å². The van der Waals surface area contributed by atoms with E-state index in [1.807, 2.05) is 24.3 Å². The minimum Gasteiger partial charge on any atom is -0.497 e. The molecule has 25 heavy (non-hydrogen) atoms. The van der Waals surface area contributed by atoms with E-state index in [-0.39, 0.29) is 18.6 Å². The first-order valence-corrected chi connectivity index (χ1v) is 8.39. The van der Waals surface area contributed by atoms with Crippen LogP contribution in [0.2, 0.25) is 0 Å². The lowest BCUT2D eigenvalue weighted by molar-refractivity contribution is -0.127. The van der Waals surface area contributed by atoms with Crippen molar-refractivity contribution < 1.29 is 19.0 Å². The second-order valence-electron chi connectivity index (χ2n) is 5.93. The predicted octanol–water partition coefficient (Wildman–Crippen LogP) is 1.90. The van der Waals surface area contributed by atoms with E-state index in [1.165, 1.54) is 0 Å². The number of amides is 1. The van der Waals surface area contributed by atoms with Gasteiger partial charge in [0.15, 0.2) is 0 Å². The summed E-state index contributed by atoms with van der Waals surface area (Å²) < 4.78 is 16.0. The number of carbonyl (C=O) groups is 1. The van der Waals surface area contributed by atoms with Gasteiger partial charge in [-0.25, -0.2) is 0 Å². The molecule has 1 atom stereocenters. The predicted molar refractivity (Wildman–Crippen MR) is 92.2 cm³/mol. The molecule has 0 aliphatic carbocycles. The average Bonchev–Trinajstić information content (AvgIpc) is 3.32. The van der Waals surface area contributed by atoms with Crippen LogP contribution in [0.3, 0.4) is 0 Å². The van der Waals surface area contributed by atoms with Gasteiger partial charge < -0.3 is 19.5 Å². The SMILES string of the molecule is COc1ccc(-c2[nH]ncc2CNC(=O)COC[C@@H]2CCCO2)cc1. The summed E-state index contributed by atoms with van der Waals surface area (Å²) in [5, 5.41) is 9.91. The molecular weight excluding hydrogens is 322 g/mol. The molecule has 0 bridgehead atoms. The molecule has 0 saturated carbocycles. The van der Waals surface area contributed by atoms with Crippen LogP contribution in [0, 0.1) is 0 Å². The Kier molecular flexibility index (Phi) is 6.03. The van der Waals surface area contributed by atoms with Gasteiger partial charge in [0.1, 0.15) is 12.4 Å². The molecule has 3 rings (SSSR count). The monoisotopic (exact) mass is 345 g/mol. The molecule has 1 aliphatic heterocycles. The van der Waals surface area contributed by atoms with Gasteiger partial charge >= 0.3 is 0 Å². The van der Waals surface area contributed by atoms with Crippen LogP contribution in [0.4, 0.5) is 0 Å². The molecular formula is C18H23N3O4. The van der Waals surface area contributed by atoms with Crippen molar-refractivity contribution in [3.8, 4) is 17.0 Å². The summed E-state index contributed by atoms with van der Waals surface area (Å²) in [6.07, 6.45) is 3.91. The Bertz CT molecular complexity index is 678. The number of rotatable bonds is 8. The standard InChI is InChI=1S/C18H23N3O4/c1-23-15-6-4-13(5-7-15)18-14(10-20-21-18)9-19-17(22)12-24-11-16-3-2-8-25-16/h4-7,10,16H,2-3,8-9,11-12H2,1H3,(H,19,22)(H,20,21)/t16-/m0/s1. The van der Waals surface area contributed by atoms with Gasteiger partial charge in [0.25, 0.3) is 0 Å². The molecule has 1 aromatic heterocycles. The summed E-state index contributed by atoms with van der Waals surface area (Å²) in [6, 6.07) is 7.67. The van der Waals surface area contributed by atoms with Gasteiger partial charge in [0.05, 0.1) is 31.7 Å². The molecule has 0 unspecified atom stereocenters. The number of ether oxygens (including phenoxy) is 3. The number of H-pyrrole nitrogens is 1. The van der Waals surface area contributed by atoms with Crippen molar-refractivity contribution in [2.75, 3.05) is 26.9 Å². The van der Waals surface area contributed by atoms with Gasteiger partial charge in [-0.05, 0) is 37.1 Å². The van der Waals surface area contributed by atoms with Gasteiger partial charge in [0, 0.05) is 24.3 Å². The van der Waals surface area contributed by atoms with E-state index in [4.69, 9.17) is 14.2 Å². The average molecular weight is 345 g/mol. The van der Waals surface area contributed by atoms with Gasteiger partial charge in [0.2, 0.25) is 5.91 Å². The third-order valence-electron chi connectivity index (χ3n) is 4.13. The third-order valence-corrected chi connectivity index (χ3v) is 4.13. The minimum absolute atomic E-state index is 0.0373. The Hall–Kier alpha value is -2.38. The van der Waals surface area contributed by atoms with Crippen molar-refractivity contribution >= 4 is 5.91 Å². The zero-order valence-electron chi connectivity index (χ0n) is 14.3. The topological polar surface area (TPSA) is 85.5 Å². The highest BCUT2D eigenvalue weighted by atomic mass is 16.5. The molecule has 2 N–H and O–H groups in total. The largest absolute Gasteiger partial charge is 0.497 e. The second-order valence-corrected chi connectivity index (χ2v) is 5.93. The number of benzene rings is 1. The van der Waals surface area contributed by atoms with Crippen LogP contribution >= 0.6 is 0 Å². The first-order chi connectivity index (χ1) is 12.3. The van der Waals surface area contributed by atoms with Crippen LogP contribution in [-0.4, -0.2) is 49.1 Å². The van der Waals surface area contributed by atoms with Gasteiger partial charge in [-0.2, -0.15) is 5.10 Å². The Balaban J connectivity index is 1.48. The van der Waals surface area contributed by atoms with E-state index in [0.29, 0.717) is 13.2 Å². The summed E-state index contributed by atoms with van der Waals surface area (Å²) in [5.74, 6) is 0.640. The van der Waals surface area contributed by atoms with Crippen LogP contribution in [0.25, 0.3) is 11.3 Å². The summed E-state index contributed by atoms with van der Waals surface area (Å²) >= 11 is 0. The molecule has 0 radical (unpaired) electrons. The molecule has 1 amide bonds.